The maximum atomic E-state index is 7.25. The lowest BCUT2D eigenvalue weighted by atomic mass is 10.1. The minimum Gasteiger partial charge on any atom is -0.456 e. The zero-order valence-corrected chi connectivity index (χ0v) is 28.3. The van der Waals surface area contributed by atoms with Gasteiger partial charge < -0.3 is 13.6 Å². The first-order valence-electron chi connectivity index (χ1n) is 17.4. The molecule has 0 fully saturated rings. The molecule has 53 heavy (non-hydrogen) atoms. The number of benzene rings is 6. The van der Waals surface area contributed by atoms with Gasteiger partial charge in [0.15, 0.2) is 0 Å². The molecule has 0 atom stereocenters. The van der Waals surface area contributed by atoms with Crippen molar-refractivity contribution < 1.29 is 13.6 Å². The maximum absolute atomic E-state index is 7.25. The van der Waals surface area contributed by atoms with Crippen LogP contribution in [0.2, 0.25) is 0 Å². The average Bonchev–Trinajstić information content (AvgIpc) is 3.78. The molecule has 0 saturated heterocycles. The van der Waals surface area contributed by atoms with Crippen molar-refractivity contribution in [1.29, 1.82) is 0 Å². The summed E-state index contributed by atoms with van der Waals surface area (Å²) in [6.07, 6.45) is 3.60. The molecule has 10 aromatic rings. The van der Waals surface area contributed by atoms with Gasteiger partial charge in [-0.1, -0.05) is 84.9 Å². The lowest BCUT2D eigenvalue weighted by Gasteiger charge is -2.25. The normalized spacial score (nSPS) is 11.4. The van der Waals surface area contributed by atoms with Gasteiger partial charge in [0, 0.05) is 58.8 Å². The van der Waals surface area contributed by atoms with Crippen LogP contribution < -0.4 is 14.5 Å². The molecule has 0 bridgehead atoms. The Morgan fingerprint density at radius 3 is 1.23 bits per heavy atom. The molecule has 0 aliphatic carbocycles. The highest BCUT2D eigenvalue weighted by atomic mass is 16.5. The van der Waals surface area contributed by atoms with Crippen LogP contribution in [0.15, 0.2) is 191 Å². The van der Waals surface area contributed by atoms with E-state index in [-0.39, 0.29) is 0 Å². The van der Waals surface area contributed by atoms with Crippen LogP contribution in [0.5, 0.6) is 11.5 Å². The predicted octanol–water partition coefficient (Wildman–Crippen LogP) is 13.0. The van der Waals surface area contributed by atoms with Crippen molar-refractivity contribution in [2.75, 3.05) is 9.80 Å². The summed E-state index contributed by atoms with van der Waals surface area (Å²) in [4.78, 5) is 13.7. The van der Waals surface area contributed by atoms with Gasteiger partial charge in [-0.15, -0.1) is 0 Å². The zero-order valence-electron chi connectivity index (χ0n) is 28.3. The Labute approximate surface area is 304 Å². The quantitative estimate of drug-likeness (QED) is 0.158. The maximum Gasteiger partial charge on any atom is 0.141 e. The molecule has 252 valence electrons. The van der Waals surface area contributed by atoms with E-state index in [4.69, 9.17) is 23.5 Å². The molecule has 0 unspecified atom stereocenters. The summed E-state index contributed by atoms with van der Waals surface area (Å²) in [6.45, 7) is 0. The van der Waals surface area contributed by atoms with E-state index in [1.165, 1.54) is 0 Å². The van der Waals surface area contributed by atoms with Crippen LogP contribution in [-0.2, 0) is 0 Å². The molecule has 4 aromatic heterocycles. The van der Waals surface area contributed by atoms with Gasteiger partial charge in [-0.3, -0.25) is 9.80 Å². The lowest BCUT2D eigenvalue weighted by Crippen LogP contribution is -2.11. The van der Waals surface area contributed by atoms with Crippen molar-refractivity contribution >= 4 is 78.3 Å². The highest BCUT2D eigenvalue weighted by Crippen LogP contribution is 2.48. The number of para-hydroxylation sites is 4. The first-order valence-corrected chi connectivity index (χ1v) is 17.4. The number of anilines is 6. The summed E-state index contributed by atoms with van der Waals surface area (Å²) in [5.41, 5.74) is 6.50. The van der Waals surface area contributed by atoms with Crippen LogP contribution in [0.1, 0.15) is 0 Å². The first-order chi connectivity index (χ1) is 26.3. The zero-order chi connectivity index (χ0) is 35.1. The fraction of sp³-hybridized carbons (Fsp3) is 0. The third kappa shape index (κ3) is 5.39. The Morgan fingerprint density at radius 2 is 0.792 bits per heavy atom. The van der Waals surface area contributed by atoms with E-state index in [1.54, 1.807) is 12.4 Å². The summed E-state index contributed by atoms with van der Waals surface area (Å²) in [5.74, 6) is 2.79. The molecule has 10 rings (SSSR count). The number of rotatable bonds is 8. The van der Waals surface area contributed by atoms with Gasteiger partial charge in [0.05, 0.1) is 22.1 Å². The van der Waals surface area contributed by atoms with Crippen molar-refractivity contribution in [1.82, 2.24) is 9.97 Å². The Morgan fingerprint density at radius 1 is 0.377 bits per heavy atom. The van der Waals surface area contributed by atoms with E-state index in [2.05, 4.69) is 70.5 Å². The van der Waals surface area contributed by atoms with Gasteiger partial charge in [0.2, 0.25) is 0 Å². The SMILES string of the molecule is c1ccc(N(c2cc(Oc3cc(N(c4ccccc4)c4ccccn4)cc4oc5ccccc5c34)c3c(c2)oc2ccccc23)c2ccccn2)cc1. The van der Waals surface area contributed by atoms with Gasteiger partial charge in [-0.2, -0.15) is 0 Å². The standard InChI is InChI=1S/C46H30N4O3/c1-3-15-31(16-4-1)49(43-23-11-13-25-47-43)33-27-39-45(35-19-7-9-21-37(35)51-39)41(29-33)53-42-30-34(28-40-46(42)36-20-8-10-22-38(36)52-40)50(32-17-5-2-6-18-32)44-24-12-14-26-48-44/h1-30H. The van der Waals surface area contributed by atoms with Crippen molar-refractivity contribution in [3.05, 3.63) is 182 Å². The second-order valence-corrected chi connectivity index (χ2v) is 12.7. The molecule has 4 heterocycles. The highest BCUT2D eigenvalue weighted by Gasteiger charge is 2.24. The molecular formula is C46H30N4O3. The Hall–Kier alpha value is -7.38. The van der Waals surface area contributed by atoms with E-state index in [0.717, 1.165) is 67.1 Å². The van der Waals surface area contributed by atoms with E-state index >= 15 is 0 Å². The molecule has 7 heteroatoms. The molecule has 6 aromatic carbocycles. The average molecular weight is 687 g/mol. The molecule has 7 nitrogen and oxygen atoms in total. The highest BCUT2D eigenvalue weighted by molar-refractivity contribution is 6.12. The molecule has 0 aliphatic rings. The number of ether oxygens (including phenoxy) is 1. The van der Waals surface area contributed by atoms with Gasteiger partial charge >= 0.3 is 0 Å². The molecule has 0 radical (unpaired) electrons. The number of hydrogen-bond donors (Lipinski definition) is 0. The number of nitrogens with zero attached hydrogens (tertiary/aromatic N) is 4. The molecule has 0 N–H and O–H groups in total. The van der Waals surface area contributed by atoms with Crippen LogP contribution in [0, 0.1) is 0 Å². The third-order valence-corrected chi connectivity index (χ3v) is 9.38. The molecular weight excluding hydrogens is 657 g/mol. The number of hydrogen-bond acceptors (Lipinski definition) is 7. The van der Waals surface area contributed by atoms with Crippen molar-refractivity contribution in [2.45, 2.75) is 0 Å². The van der Waals surface area contributed by atoms with Crippen LogP contribution in [0.3, 0.4) is 0 Å². The van der Waals surface area contributed by atoms with E-state index < -0.39 is 0 Å². The molecule has 0 amide bonds. The monoisotopic (exact) mass is 686 g/mol. The summed E-state index contributed by atoms with van der Waals surface area (Å²) in [6, 6.07) is 56.5. The van der Waals surface area contributed by atoms with E-state index in [9.17, 15) is 0 Å². The second kappa shape index (κ2) is 12.7. The Balaban J connectivity index is 1.24. The van der Waals surface area contributed by atoms with Crippen LogP contribution in [0.4, 0.5) is 34.4 Å². The first kappa shape index (κ1) is 30.4. The topological polar surface area (TPSA) is 67.8 Å². The Bertz CT molecular complexity index is 2600. The predicted molar refractivity (Wildman–Crippen MR) is 212 cm³/mol. The van der Waals surface area contributed by atoms with Gasteiger partial charge in [0.25, 0.3) is 0 Å². The smallest absolute Gasteiger partial charge is 0.141 e. The number of aromatic nitrogens is 2. The van der Waals surface area contributed by atoms with Crippen LogP contribution in [-0.4, -0.2) is 9.97 Å². The molecule has 0 saturated carbocycles. The fourth-order valence-electron chi connectivity index (χ4n) is 7.10. The van der Waals surface area contributed by atoms with Crippen molar-refractivity contribution in [3.8, 4) is 11.5 Å². The number of furan rings is 2. The molecule has 0 spiro atoms. The largest absolute Gasteiger partial charge is 0.456 e. The lowest BCUT2D eigenvalue weighted by molar-refractivity contribution is 0.494. The van der Waals surface area contributed by atoms with Gasteiger partial charge in [0.1, 0.15) is 45.5 Å². The van der Waals surface area contributed by atoms with E-state index in [1.807, 2.05) is 109 Å². The number of fused-ring (bicyclic) bond motifs is 6. The second-order valence-electron chi connectivity index (χ2n) is 12.7. The van der Waals surface area contributed by atoms with Gasteiger partial charge in [-0.25, -0.2) is 9.97 Å². The fourth-order valence-corrected chi connectivity index (χ4v) is 7.10. The van der Waals surface area contributed by atoms with Crippen molar-refractivity contribution in [3.63, 3.8) is 0 Å². The minimum absolute atomic E-state index is 0.632. The summed E-state index contributed by atoms with van der Waals surface area (Å²) < 4.78 is 20.4. The molecule has 0 aliphatic heterocycles. The van der Waals surface area contributed by atoms with Crippen LogP contribution >= 0.6 is 0 Å². The summed E-state index contributed by atoms with van der Waals surface area (Å²) in [5, 5.41) is 3.65. The van der Waals surface area contributed by atoms with Gasteiger partial charge in [-0.05, 0) is 60.7 Å². The summed E-state index contributed by atoms with van der Waals surface area (Å²) >= 11 is 0. The number of pyridine rings is 2. The van der Waals surface area contributed by atoms with Crippen LogP contribution in [0.25, 0.3) is 43.9 Å². The Kier molecular flexibility index (Phi) is 7.32. The minimum atomic E-state index is 0.632. The van der Waals surface area contributed by atoms with Crippen molar-refractivity contribution in [2.24, 2.45) is 0 Å². The third-order valence-electron chi connectivity index (χ3n) is 9.38. The summed E-state index contributed by atoms with van der Waals surface area (Å²) in [7, 11) is 0. The van der Waals surface area contributed by atoms with E-state index in [0.29, 0.717) is 22.7 Å².